The molecule has 0 saturated carbocycles. The molecule has 0 spiro atoms. The summed E-state index contributed by atoms with van der Waals surface area (Å²) in [5.41, 5.74) is -0.151. The summed E-state index contributed by atoms with van der Waals surface area (Å²) < 4.78 is 4.90. The van der Waals surface area contributed by atoms with Gasteiger partial charge in [-0.15, -0.1) is 5.92 Å². The lowest BCUT2D eigenvalue weighted by molar-refractivity contribution is -0.144. The van der Waals surface area contributed by atoms with Gasteiger partial charge in [0.1, 0.15) is 0 Å². The van der Waals surface area contributed by atoms with Crippen LogP contribution >= 0.6 is 0 Å². The highest BCUT2D eigenvalue weighted by molar-refractivity contribution is 5.70. The number of hydrogen-bond acceptors (Lipinski definition) is 2. The minimum atomic E-state index is -0.151. The monoisotopic (exact) mass is 208 g/mol. The first-order chi connectivity index (χ1) is 7.02. The highest BCUT2D eigenvalue weighted by Crippen LogP contribution is 2.22. The van der Waals surface area contributed by atoms with Crippen molar-refractivity contribution in [2.24, 2.45) is 5.41 Å². The quantitative estimate of drug-likeness (QED) is 0.394. The molecule has 0 aromatic rings. The first-order valence-electron chi connectivity index (χ1n) is 5.24. The van der Waals surface area contributed by atoms with Crippen molar-refractivity contribution in [3.8, 4) is 11.8 Å². The lowest BCUT2D eigenvalue weighted by Crippen LogP contribution is -2.16. The van der Waals surface area contributed by atoms with E-state index < -0.39 is 0 Å². The topological polar surface area (TPSA) is 26.3 Å². The van der Waals surface area contributed by atoms with Gasteiger partial charge < -0.3 is 4.74 Å². The molecule has 0 bridgehead atoms. The van der Waals surface area contributed by atoms with E-state index in [2.05, 4.69) is 11.8 Å². The van der Waals surface area contributed by atoms with E-state index in [0.29, 0.717) is 13.0 Å². The molecule has 0 aliphatic rings. The van der Waals surface area contributed by atoms with Crippen LogP contribution in [-0.2, 0) is 9.53 Å². The Morgan fingerprint density at radius 3 is 2.67 bits per heavy atom. The van der Waals surface area contributed by atoms with Crippen LogP contribution in [0, 0.1) is 17.3 Å². The van der Waals surface area contributed by atoms with Crippen LogP contribution in [0.1, 0.15) is 40.5 Å². The fraction of sp³-hybridized carbons (Fsp3) is 0.615. The molecule has 15 heavy (non-hydrogen) atoms. The van der Waals surface area contributed by atoms with E-state index in [4.69, 9.17) is 4.74 Å². The van der Waals surface area contributed by atoms with Gasteiger partial charge >= 0.3 is 5.97 Å². The third-order valence-corrected chi connectivity index (χ3v) is 1.87. The zero-order valence-electron chi connectivity index (χ0n) is 10.1. The second-order valence-corrected chi connectivity index (χ2v) is 4.00. The Hall–Kier alpha value is -1.23. The zero-order valence-corrected chi connectivity index (χ0v) is 10.1. The Balaban J connectivity index is 4.09. The number of carbonyl (C=O) groups excluding carboxylic acids is 1. The summed E-state index contributed by atoms with van der Waals surface area (Å²) >= 11 is 0. The minimum absolute atomic E-state index is 0.145. The van der Waals surface area contributed by atoms with E-state index >= 15 is 0 Å². The molecule has 0 amide bonds. The van der Waals surface area contributed by atoms with Gasteiger partial charge in [-0.2, -0.15) is 0 Å². The number of hydrogen-bond donors (Lipinski definition) is 0. The molecule has 0 saturated heterocycles. The van der Waals surface area contributed by atoms with Crippen LogP contribution in [0.3, 0.4) is 0 Å². The highest BCUT2D eigenvalue weighted by Gasteiger charge is 2.19. The normalized spacial score (nSPS) is 10.9. The predicted molar refractivity (Wildman–Crippen MR) is 62.2 cm³/mol. The van der Waals surface area contributed by atoms with Gasteiger partial charge in [-0.3, -0.25) is 4.79 Å². The minimum Gasteiger partial charge on any atom is -0.466 e. The van der Waals surface area contributed by atoms with E-state index in [1.54, 1.807) is 0 Å². The average molecular weight is 208 g/mol. The maximum atomic E-state index is 11.3. The smallest absolute Gasteiger partial charge is 0.306 e. The summed E-state index contributed by atoms with van der Waals surface area (Å²) in [4.78, 5) is 11.3. The second-order valence-electron chi connectivity index (χ2n) is 4.00. The Morgan fingerprint density at radius 2 is 2.13 bits per heavy atom. The number of allylic oxidation sites excluding steroid dienone is 2. The first-order valence-corrected chi connectivity index (χ1v) is 5.24. The maximum Gasteiger partial charge on any atom is 0.306 e. The number of ether oxygens (including phenoxy) is 1. The highest BCUT2D eigenvalue weighted by atomic mass is 16.5. The van der Waals surface area contributed by atoms with E-state index in [-0.39, 0.29) is 11.4 Å². The van der Waals surface area contributed by atoms with Gasteiger partial charge in [0.2, 0.25) is 0 Å². The molecule has 0 N–H and O–H groups in total. The maximum absolute atomic E-state index is 11.3. The summed E-state index contributed by atoms with van der Waals surface area (Å²) in [5, 5.41) is 0. The fourth-order valence-electron chi connectivity index (χ4n) is 1.18. The molecular formula is C13H20O2. The van der Waals surface area contributed by atoms with Gasteiger partial charge in [-0.05, 0) is 19.3 Å². The van der Waals surface area contributed by atoms with E-state index in [0.717, 1.165) is 6.42 Å². The summed E-state index contributed by atoms with van der Waals surface area (Å²) in [6, 6.07) is 0. The predicted octanol–water partition coefficient (Wildman–Crippen LogP) is 2.94. The summed E-state index contributed by atoms with van der Waals surface area (Å²) in [6.45, 7) is 8.11. The summed E-state index contributed by atoms with van der Waals surface area (Å²) in [7, 11) is 0. The summed E-state index contributed by atoms with van der Waals surface area (Å²) in [6.07, 6.45) is 5.17. The molecule has 0 aromatic heterocycles. The van der Waals surface area contributed by atoms with Crippen LogP contribution in [0.5, 0.6) is 0 Å². The van der Waals surface area contributed by atoms with Crippen molar-refractivity contribution in [2.45, 2.75) is 40.5 Å². The van der Waals surface area contributed by atoms with Crippen molar-refractivity contribution in [2.75, 3.05) is 6.61 Å². The van der Waals surface area contributed by atoms with Crippen molar-refractivity contribution in [3.63, 3.8) is 0 Å². The van der Waals surface area contributed by atoms with Crippen molar-refractivity contribution in [1.29, 1.82) is 0 Å². The largest absolute Gasteiger partial charge is 0.466 e. The van der Waals surface area contributed by atoms with Gasteiger partial charge in [-0.25, -0.2) is 0 Å². The fourth-order valence-corrected chi connectivity index (χ4v) is 1.18. The van der Waals surface area contributed by atoms with Crippen LogP contribution in [0.2, 0.25) is 0 Å². The number of carbonyl (C=O) groups is 1. The van der Waals surface area contributed by atoms with E-state index in [9.17, 15) is 4.79 Å². The lowest BCUT2D eigenvalue weighted by atomic mass is 9.89. The molecule has 0 atom stereocenters. The molecule has 0 unspecified atom stereocenters. The Labute approximate surface area is 92.7 Å². The average Bonchev–Trinajstić information content (AvgIpc) is 2.12. The van der Waals surface area contributed by atoms with Gasteiger partial charge in [0, 0.05) is 6.42 Å². The molecule has 0 radical (unpaired) electrons. The Kier molecular flexibility index (Phi) is 6.53. The zero-order chi connectivity index (χ0) is 11.7. The molecule has 0 aliphatic carbocycles. The third-order valence-electron chi connectivity index (χ3n) is 1.87. The van der Waals surface area contributed by atoms with Crippen molar-refractivity contribution in [3.05, 3.63) is 12.2 Å². The lowest BCUT2D eigenvalue weighted by Gasteiger charge is -2.18. The first kappa shape index (κ1) is 13.8. The molecule has 0 aromatic carbocycles. The Bertz CT molecular complexity index is 277. The molecule has 0 rings (SSSR count). The van der Waals surface area contributed by atoms with Crippen LogP contribution in [0.15, 0.2) is 12.2 Å². The number of rotatable bonds is 5. The molecular weight excluding hydrogens is 188 g/mol. The van der Waals surface area contributed by atoms with Crippen molar-refractivity contribution >= 4 is 5.97 Å². The third kappa shape index (κ3) is 7.81. The van der Waals surface area contributed by atoms with Crippen LogP contribution in [0.4, 0.5) is 0 Å². The molecule has 2 heteroatoms. The standard InChI is InChI=1S/C13H20O2/c1-5-7-8-9-10-13(3,4)11-12(14)15-6-2/h9-10H,6,8,11H2,1-4H3/b10-9+. The van der Waals surface area contributed by atoms with E-state index in [1.165, 1.54) is 0 Å². The van der Waals surface area contributed by atoms with Crippen LogP contribution < -0.4 is 0 Å². The molecule has 84 valence electrons. The van der Waals surface area contributed by atoms with Gasteiger partial charge in [0.25, 0.3) is 0 Å². The number of esters is 1. The van der Waals surface area contributed by atoms with Gasteiger partial charge in [0.05, 0.1) is 13.0 Å². The van der Waals surface area contributed by atoms with E-state index in [1.807, 2.05) is 39.8 Å². The summed E-state index contributed by atoms with van der Waals surface area (Å²) in [5.74, 6) is 5.62. The molecule has 2 nitrogen and oxygen atoms in total. The molecule has 0 aliphatic heterocycles. The van der Waals surface area contributed by atoms with Crippen LogP contribution in [0.25, 0.3) is 0 Å². The SMILES string of the molecule is CC#CC/C=C/C(C)(C)CC(=O)OCC. The Morgan fingerprint density at radius 1 is 1.47 bits per heavy atom. The van der Waals surface area contributed by atoms with Crippen molar-refractivity contribution < 1.29 is 9.53 Å². The van der Waals surface area contributed by atoms with Crippen molar-refractivity contribution in [1.82, 2.24) is 0 Å². The molecule has 0 fully saturated rings. The second kappa shape index (κ2) is 7.11. The molecule has 0 heterocycles. The van der Waals surface area contributed by atoms with Gasteiger partial charge in [-0.1, -0.05) is 31.9 Å². The van der Waals surface area contributed by atoms with Gasteiger partial charge in [0.15, 0.2) is 0 Å². The van der Waals surface area contributed by atoms with Crippen LogP contribution in [-0.4, -0.2) is 12.6 Å².